The Bertz CT molecular complexity index is 2160. The molecule has 7 aromatic rings. The van der Waals surface area contributed by atoms with Crippen molar-refractivity contribution >= 4 is 80.4 Å². The van der Waals surface area contributed by atoms with Crippen LogP contribution in [0, 0.1) is 0 Å². The van der Waals surface area contributed by atoms with Gasteiger partial charge in [0, 0.05) is 28.4 Å². The van der Waals surface area contributed by atoms with E-state index >= 15 is 0 Å². The first kappa shape index (κ1) is 27.5. The number of nitrogen functional groups attached to an aromatic ring is 1. The molecule has 0 amide bonds. The van der Waals surface area contributed by atoms with E-state index in [0.717, 1.165) is 28.4 Å². The molecular formula is C42H32BN3Si. The lowest BCUT2D eigenvalue weighted by Gasteiger charge is -2.38. The smallest absolute Gasteiger partial charge is 0.252 e. The Morgan fingerprint density at radius 2 is 0.872 bits per heavy atom. The molecule has 47 heavy (non-hydrogen) atoms. The Balaban J connectivity index is 1.27. The summed E-state index contributed by atoms with van der Waals surface area (Å²) in [6, 6.07) is 62.1. The van der Waals surface area contributed by atoms with Gasteiger partial charge in [-0.05, 0) is 72.5 Å². The fourth-order valence-corrected chi connectivity index (χ4v) is 12.7. The predicted molar refractivity (Wildman–Crippen MR) is 204 cm³/mol. The van der Waals surface area contributed by atoms with E-state index in [1.165, 1.54) is 48.3 Å². The van der Waals surface area contributed by atoms with Crippen molar-refractivity contribution in [2.45, 2.75) is 0 Å². The predicted octanol–water partition coefficient (Wildman–Crippen LogP) is 4.94. The number of fused-ring (bicyclic) bond motifs is 4. The number of benzene rings is 7. The van der Waals surface area contributed by atoms with Gasteiger partial charge in [0.2, 0.25) is 0 Å². The summed E-state index contributed by atoms with van der Waals surface area (Å²) in [6.45, 7) is 0.0771. The minimum absolute atomic E-state index is 0.0771. The minimum atomic E-state index is -2.68. The highest BCUT2D eigenvalue weighted by atomic mass is 28.3. The second kappa shape index (κ2) is 10.9. The molecule has 0 fully saturated rings. The van der Waals surface area contributed by atoms with Gasteiger partial charge in [0.1, 0.15) is 0 Å². The maximum Gasteiger partial charge on any atom is 0.252 e. The summed E-state index contributed by atoms with van der Waals surface area (Å²) in [5.41, 5.74) is 17.9. The van der Waals surface area contributed by atoms with Crippen molar-refractivity contribution in [3.63, 3.8) is 0 Å². The number of nitrogens with two attached hydrogens (primary N) is 1. The summed E-state index contributed by atoms with van der Waals surface area (Å²) in [7, 11) is -2.68. The molecule has 0 radical (unpaired) electrons. The minimum Gasteiger partial charge on any atom is -0.399 e. The normalized spacial score (nSPS) is 12.6. The molecule has 0 spiro atoms. The third-order valence-corrected chi connectivity index (χ3v) is 14.7. The topological polar surface area (TPSA) is 50.1 Å². The van der Waals surface area contributed by atoms with Crippen molar-refractivity contribution in [2.24, 2.45) is 0 Å². The molecule has 2 heterocycles. The van der Waals surface area contributed by atoms with Gasteiger partial charge < -0.3 is 16.4 Å². The lowest BCUT2D eigenvalue weighted by Crippen LogP contribution is -2.75. The van der Waals surface area contributed by atoms with E-state index < -0.39 is 8.07 Å². The van der Waals surface area contributed by atoms with Crippen LogP contribution >= 0.6 is 0 Å². The maximum atomic E-state index is 6.54. The monoisotopic (exact) mass is 617 g/mol. The van der Waals surface area contributed by atoms with Gasteiger partial charge in [-0.15, -0.1) is 0 Å². The van der Waals surface area contributed by atoms with Crippen LogP contribution in [-0.2, 0) is 0 Å². The largest absolute Gasteiger partial charge is 0.399 e. The Morgan fingerprint density at radius 3 is 1.40 bits per heavy atom. The van der Waals surface area contributed by atoms with Crippen molar-refractivity contribution in [1.29, 1.82) is 0 Å². The first-order valence-electron chi connectivity index (χ1n) is 16.2. The molecule has 0 saturated carbocycles. The quantitative estimate of drug-likeness (QED) is 0.146. The number of nitrogens with one attached hydrogen (secondary N) is 2. The summed E-state index contributed by atoms with van der Waals surface area (Å²) in [5, 5.41) is 13.0. The zero-order chi connectivity index (χ0) is 31.4. The Morgan fingerprint density at radius 1 is 0.404 bits per heavy atom. The van der Waals surface area contributed by atoms with E-state index in [0.29, 0.717) is 0 Å². The molecule has 0 aromatic heterocycles. The fourth-order valence-electron chi connectivity index (χ4n) is 7.90. The number of hydrogen-bond acceptors (Lipinski definition) is 3. The number of rotatable bonds is 5. The second-order valence-corrected chi connectivity index (χ2v) is 16.3. The van der Waals surface area contributed by atoms with Gasteiger partial charge in [0.25, 0.3) is 6.71 Å². The molecule has 0 bridgehead atoms. The Labute approximate surface area is 276 Å². The van der Waals surface area contributed by atoms with Gasteiger partial charge in [-0.1, -0.05) is 146 Å². The van der Waals surface area contributed by atoms with E-state index in [4.69, 9.17) is 5.73 Å². The summed E-state index contributed by atoms with van der Waals surface area (Å²) in [5.74, 6) is 0. The van der Waals surface area contributed by atoms with Crippen LogP contribution in [0.1, 0.15) is 0 Å². The standard InChI is InChI=1S/C42H32BN3Si/c44-31-26-40-42-41(27-31)46-39-28-35(22-24-37(39)43(42)36-23-21-30(25-38(36)45-40)29-13-5-1-6-14-29)47(32-15-7-2-8-16-32,33-17-9-3-10-18-33)34-19-11-4-12-20-34/h1-28,45-46H,44H2. The van der Waals surface area contributed by atoms with Crippen molar-refractivity contribution < 1.29 is 0 Å². The van der Waals surface area contributed by atoms with Crippen LogP contribution in [0.15, 0.2) is 170 Å². The summed E-state index contributed by atoms with van der Waals surface area (Å²) in [4.78, 5) is 0. The molecule has 2 aliphatic rings. The van der Waals surface area contributed by atoms with Crippen molar-refractivity contribution in [3.05, 3.63) is 170 Å². The molecule has 0 unspecified atom stereocenters. The fraction of sp³-hybridized carbons (Fsp3) is 0. The average Bonchev–Trinajstić information content (AvgIpc) is 3.13. The van der Waals surface area contributed by atoms with Crippen molar-refractivity contribution in [1.82, 2.24) is 0 Å². The van der Waals surface area contributed by atoms with Crippen LogP contribution in [0.3, 0.4) is 0 Å². The molecule has 0 aliphatic carbocycles. The van der Waals surface area contributed by atoms with E-state index in [1.54, 1.807) is 0 Å². The second-order valence-electron chi connectivity index (χ2n) is 12.5. The average molecular weight is 618 g/mol. The molecule has 9 rings (SSSR count). The van der Waals surface area contributed by atoms with Gasteiger partial charge in [-0.25, -0.2) is 0 Å². The third-order valence-electron chi connectivity index (χ3n) is 9.92. The summed E-state index contributed by atoms with van der Waals surface area (Å²) in [6.07, 6.45) is 0. The SMILES string of the molecule is Nc1cc2c3c(c1)Nc1cc([Si](c4ccccc4)(c4ccccc4)c4ccccc4)ccc1B3c1ccc(-c3ccccc3)cc1N2. The van der Waals surface area contributed by atoms with Crippen molar-refractivity contribution in [2.75, 3.05) is 16.4 Å². The maximum absolute atomic E-state index is 6.54. The molecule has 3 nitrogen and oxygen atoms in total. The van der Waals surface area contributed by atoms with E-state index in [1.807, 2.05) is 0 Å². The van der Waals surface area contributed by atoms with Gasteiger partial charge in [0.05, 0.1) is 0 Å². The molecule has 0 atom stereocenters. The lowest BCUT2D eigenvalue weighted by atomic mass is 9.34. The van der Waals surface area contributed by atoms with Gasteiger partial charge in [0.15, 0.2) is 8.07 Å². The molecule has 7 aromatic carbocycles. The zero-order valence-electron chi connectivity index (χ0n) is 25.8. The zero-order valence-corrected chi connectivity index (χ0v) is 26.8. The van der Waals surface area contributed by atoms with Crippen LogP contribution in [0.5, 0.6) is 0 Å². The van der Waals surface area contributed by atoms with Crippen LogP contribution < -0.4 is 53.5 Å². The first-order valence-corrected chi connectivity index (χ1v) is 18.2. The molecule has 0 saturated heterocycles. The number of hydrogen-bond donors (Lipinski definition) is 3. The van der Waals surface area contributed by atoms with E-state index in [-0.39, 0.29) is 6.71 Å². The van der Waals surface area contributed by atoms with Gasteiger partial charge >= 0.3 is 0 Å². The molecule has 4 N–H and O–H groups in total. The van der Waals surface area contributed by atoms with Gasteiger partial charge in [-0.2, -0.15) is 0 Å². The van der Waals surface area contributed by atoms with E-state index in [2.05, 4.69) is 180 Å². The highest BCUT2D eigenvalue weighted by molar-refractivity contribution is 7.20. The summed E-state index contributed by atoms with van der Waals surface area (Å²) < 4.78 is 0. The summed E-state index contributed by atoms with van der Waals surface area (Å²) >= 11 is 0. The van der Waals surface area contributed by atoms with E-state index in [9.17, 15) is 0 Å². The third kappa shape index (κ3) is 4.35. The number of anilines is 5. The first-order chi connectivity index (χ1) is 23.2. The van der Waals surface area contributed by atoms with Gasteiger partial charge in [-0.3, -0.25) is 0 Å². The van der Waals surface area contributed by atoms with Crippen molar-refractivity contribution in [3.8, 4) is 11.1 Å². The highest BCUT2D eigenvalue weighted by Gasteiger charge is 2.43. The molecule has 222 valence electrons. The highest BCUT2D eigenvalue weighted by Crippen LogP contribution is 2.33. The van der Waals surface area contributed by atoms with Crippen LogP contribution in [0.25, 0.3) is 11.1 Å². The van der Waals surface area contributed by atoms with Crippen LogP contribution in [0.2, 0.25) is 0 Å². The molecule has 5 heteroatoms. The Kier molecular flexibility index (Phi) is 6.40. The lowest BCUT2D eigenvalue weighted by molar-refractivity contribution is 1.51. The van der Waals surface area contributed by atoms with Crippen LogP contribution in [0.4, 0.5) is 28.4 Å². The molecular weight excluding hydrogens is 585 g/mol. The molecule has 2 aliphatic heterocycles. The van der Waals surface area contributed by atoms with Crippen LogP contribution in [-0.4, -0.2) is 14.8 Å². The Hall–Kier alpha value is -5.78.